The first-order valence-corrected chi connectivity index (χ1v) is 24.7. The highest BCUT2D eigenvalue weighted by Crippen LogP contribution is 2.42. The van der Waals surface area contributed by atoms with Gasteiger partial charge in [-0.25, -0.2) is 14.4 Å². The average Bonchev–Trinajstić information content (AvgIpc) is 3.90. The number of aromatic hydroxyl groups is 2. The van der Waals surface area contributed by atoms with E-state index in [1.807, 2.05) is 0 Å². The van der Waals surface area contributed by atoms with Crippen molar-refractivity contribution < 1.29 is 137 Å². The van der Waals surface area contributed by atoms with Crippen molar-refractivity contribution in [2.45, 2.75) is 123 Å². The Morgan fingerprint density at radius 2 is 1.16 bits per heavy atom. The van der Waals surface area contributed by atoms with Gasteiger partial charge in [-0.1, -0.05) is 36.4 Å². The van der Waals surface area contributed by atoms with Crippen LogP contribution in [-0.2, 0) is 66.5 Å². The second-order valence-electron chi connectivity index (χ2n) is 18.6. The van der Waals surface area contributed by atoms with E-state index in [1.165, 1.54) is 86.0 Å². The molecule has 19 unspecified atom stereocenters. The van der Waals surface area contributed by atoms with E-state index in [4.69, 9.17) is 56.8 Å². The molecule has 0 amide bonds. The second kappa shape index (κ2) is 27.5. The quantitative estimate of drug-likeness (QED) is 0.0281. The van der Waals surface area contributed by atoms with Gasteiger partial charge in [-0.2, -0.15) is 0 Å². The summed E-state index contributed by atoms with van der Waals surface area (Å²) < 4.78 is 70.4. The first kappa shape index (κ1) is 61.4. The maximum atomic E-state index is 13.9. The molecular formula is C52H62O28. The molecule has 0 aliphatic carbocycles. The van der Waals surface area contributed by atoms with Gasteiger partial charge in [-0.15, -0.1) is 0 Å². The highest BCUT2D eigenvalue weighted by Gasteiger charge is 2.64. The number of phenols is 2. The van der Waals surface area contributed by atoms with Crippen LogP contribution in [0.2, 0.25) is 0 Å². The highest BCUT2D eigenvalue weighted by molar-refractivity contribution is 5.90. The van der Waals surface area contributed by atoms with E-state index in [2.05, 4.69) is 0 Å². The van der Waals surface area contributed by atoms with E-state index in [-0.39, 0.29) is 22.8 Å². The van der Waals surface area contributed by atoms with Gasteiger partial charge in [0.05, 0.1) is 32.5 Å². The maximum absolute atomic E-state index is 13.9. The Morgan fingerprint density at radius 3 is 1.79 bits per heavy atom. The van der Waals surface area contributed by atoms with Crippen molar-refractivity contribution in [1.82, 2.24) is 0 Å². The molecule has 12 N–H and O–H groups in total. The van der Waals surface area contributed by atoms with Gasteiger partial charge in [0.2, 0.25) is 5.79 Å². The van der Waals surface area contributed by atoms with Crippen molar-refractivity contribution in [3.63, 3.8) is 0 Å². The molecule has 7 rings (SSSR count). The smallest absolute Gasteiger partial charge is 0.338 e. The summed E-state index contributed by atoms with van der Waals surface area (Å²) in [6, 6.07) is 16.7. The van der Waals surface area contributed by atoms with E-state index in [0.717, 1.165) is 19.1 Å². The van der Waals surface area contributed by atoms with Gasteiger partial charge in [-0.3, -0.25) is 4.79 Å². The summed E-state index contributed by atoms with van der Waals surface area (Å²) in [4.78, 5) is 53.3. The number of benzene rings is 3. The lowest BCUT2D eigenvalue weighted by molar-refractivity contribution is -0.421. The Kier molecular flexibility index (Phi) is 21.1. The lowest BCUT2D eigenvalue weighted by Crippen LogP contribution is -2.69. The summed E-state index contributed by atoms with van der Waals surface area (Å²) in [6.07, 6.45) is -33.2. The van der Waals surface area contributed by atoms with Gasteiger partial charge in [0.25, 0.3) is 0 Å². The maximum Gasteiger partial charge on any atom is 0.338 e. The first-order chi connectivity index (χ1) is 38.2. The number of hydrogen-bond donors (Lipinski definition) is 12. The van der Waals surface area contributed by atoms with Crippen LogP contribution in [0, 0.1) is 0 Å². The molecule has 28 heteroatoms. The molecule has 28 nitrogen and oxygen atoms in total. The van der Waals surface area contributed by atoms with Gasteiger partial charge in [-0.05, 0) is 59.7 Å². The molecule has 3 aromatic rings. The molecule has 80 heavy (non-hydrogen) atoms. The fraction of sp³-hybridized carbons (Fsp3) is 0.500. The van der Waals surface area contributed by atoms with Crippen LogP contribution in [0.15, 0.2) is 84.9 Å². The molecular weight excluding hydrogens is 1070 g/mol. The Hall–Kier alpha value is -6.26. The van der Waals surface area contributed by atoms with Crippen LogP contribution >= 0.6 is 0 Å². The summed E-state index contributed by atoms with van der Waals surface area (Å²) in [5.74, 6) is -7.59. The molecule has 4 saturated heterocycles. The fourth-order valence-corrected chi connectivity index (χ4v) is 8.87. The number of ether oxygens (including phenoxy) is 12. The number of esters is 4. The van der Waals surface area contributed by atoms with E-state index in [1.54, 1.807) is 6.07 Å². The largest absolute Gasteiger partial charge is 0.508 e. The summed E-state index contributed by atoms with van der Waals surface area (Å²) in [7, 11) is 1.29. The SMILES string of the molecule is COc1cc(C=CC(=O)OCC2(OC3OC(CO)C(OC(=O)C=Cc4ccc(O)cc4)C(OC4OC(COC(C)=O)C(O)C(O)C4O)C3OC3OC(CO)C(O)C(O)C3O)OC(CO)C(O)C2OC(=O)c2ccccc2)ccc1O. The van der Waals surface area contributed by atoms with Crippen molar-refractivity contribution in [1.29, 1.82) is 0 Å². The number of methoxy groups -OCH3 is 1. The van der Waals surface area contributed by atoms with Crippen LogP contribution in [0.3, 0.4) is 0 Å². The molecule has 0 spiro atoms. The molecule has 0 saturated carbocycles. The first-order valence-electron chi connectivity index (χ1n) is 24.7. The number of aliphatic hydroxyl groups is 10. The third-order valence-corrected chi connectivity index (χ3v) is 13.1. The van der Waals surface area contributed by atoms with Gasteiger partial charge in [0.15, 0.2) is 42.6 Å². The third kappa shape index (κ3) is 14.4. The normalized spacial score (nSPS) is 34.5. The van der Waals surface area contributed by atoms with Crippen molar-refractivity contribution in [2.75, 3.05) is 40.1 Å². The lowest BCUT2D eigenvalue weighted by atomic mass is 9.95. The molecule has 438 valence electrons. The Balaban J connectivity index is 1.36. The topological polar surface area (TPSA) is 422 Å². The highest BCUT2D eigenvalue weighted by atomic mass is 16.8. The number of carbonyl (C=O) groups excluding carboxylic acids is 4. The molecule has 4 heterocycles. The fourth-order valence-electron chi connectivity index (χ4n) is 8.87. The van der Waals surface area contributed by atoms with Crippen LogP contribution in [0.5, 0.6) is 17.2 Å². The number of aliphatic hydroxyl groups excluding tert-OH is 10. The summed E-state index contributed by atoms with van der Waals surface area (Å²) in [5, 5.41) is 130. The number of carbonyl (C=O) groups is 4. The third-order valence-electron chi connectivity index (χ3n) is 13.1. The molecule has 19 atom stereocenters. The zero-order valence-electron chi connectivity index (χ0n) is 42.6. The van der Waals surface area contributed by atoms with Crippen molar-refractivity contribution in [3.05, 3.63) is 102 Å². The number of rotatable bonds is 21. The Morgan fingerprint density at radius 1 is 0.588 bits per heavy atom. The van der Waals surface area contributed by atoms with Crippen LogP contribution in [-0.4, -0.2) is 242 Å². The van der Waals surface area contributed by atoms with Gasteiger partial charge in [0, 0.05) is 19.1 Å². The number of hydrogen-bond acceptors (Lipinski definition) is 28. The van der Waals surface area contributed by atoms with E-state index < -0.39 is 173 Å². The summed E-state index contributed by atoms with van der Waals surface area (Å²) in [6.45, 7) is -4.17. The zero-order chi connectivity index (χ0) is 58.0. The predicted octanol–water partition coefficient (Wildman–Crippen LogP) is -3.36. The standard InChI is InChI=1S/C52H62O28/c1-24(56)70-22-34-38(62)41(65)43(67)50(74-34)76-45-44(75-36(60)17-11-25-8-13-28(57)14-9-25)33(21-55)73-51(46(45)77-49-42(66)40(64)37(61)31(19-53)72-49)80-52(23-71-35(59)16-12-26-10-15-29(58)30(18-26)69-2)47(39(63)32(20-54)79-52)78-48(68)27-6-4-3-5-7-27/h3-18,31-34,37-47,49-51,53-55,57-58,61-67H,19-23H2,1-2H3. The van der Waals surface area contributed by atoms with Crippen molar-refractivity contribution in [3.8, 4) is 17.2 Å². The predicted molar refractivity (Wildman–Crippen MR) is 262 cm³/mol. The molecule has 0 aromatic heterocycles. The Labute approximate surface area is 454 Å². The van der Waals surface area contributed by atoms with Crippen LogP contribution in [0.4, 0.5) is 0 Å². The van der Waals surface area contributed by atoms with Gasteiger partial charge >= 0.3 is 23.9 Å². The molecule has 0 bridgehead atoms. The summed E-state index contributed by atoms with van der Waals surface area (Å²) in [5.41, 5.74) is 0.567. The summed E-state index contributed by atoms with van der Waals surface area (Å²) >= 11 is 0. The molecule has 3 aromatic carbocycles. The van der Waals surface area contributed by atoms with Crippen LogP contribution < -0.4 is 4.74 Å². The zero-order valence-corrected chi connectivity index (χ0v) is 42.6. The molecule has 0 radical (unpaired) electrons. The lowest BCUT2D eigenvalue weighted by Gasteiger charge is -2.50. The minimum absolute atomic E-state index is 0.0402. The molecule has 4 fully saturated rings. The van der Waals surface area contributed by atoms with Gasteiger partial charge < -0.3 is 118 Å². The van der Waals surface area contributed by atoms with Crippen molar-refractivity contribution in [2.24, 2.45) is 0 Å². The van der Waals surface area contributed by atoms with E-state index in [0.29, 0.717) is 11.1 Å². The van der Waals surface area contributed by atoms with Crippen molar-refractivity contribution >= 4 is 36.0 Å². The van der Waals surface area contributed by atoms with E-state index in [9.17, 15) is 80.5 Å². The second-order valence-corrected chi connectivity index (χ2v) is 18.6. The minimum atomic E-state index is -2.90. The minimum Gasteiger partial charge on any atom is -0.508 e. The van der Waals surface area contributed by atoms with Crippen LogP contribution in [0.1, 0.15) is 28.4 Å². The monoisotopic (exact) mass is 1130 g/mol. The molecule has 4 aliphatic rings. The number of phenolic OH excluding ortho intramolecular Hbond substituents is 2. The molecule has 4 aliphatic heterocycles. The average molecular weight is 1140 g/mol. The van der Waals surface area contributed by atoms with E-state index >= 15 is 0 Å². The Bertz CT molecular complexity index is 2600. The van der Waals surface area contributed by atoms with Gasteiger partial charge in [0.1, 0.15) is 98.3 Å². The van der Waals surface area contributed by atoms with Crippen LogP contribution in [0.25, 0.3) is 12.2 Å².